The van der Waals surface area contributed by atoms with E-state index in [4.69, 9.17) is 11.6 Å². The van der Waals surface area contributed by atoms with Crippen molar-refractivity contribution < 1.29 is 9.18 Å². The Labute approximate surface area is 111 Å². The Bertz CT molecular complexity index is 433. The zero-order valence-corrected chi connectivity index (χ0v) is 10.8. The maximum atomic E-state index is 13.5. The van der Waals surface area contributed by atoms with Gasteiger partial charge >= 0.3 is 0 Å². The molecule has 0 saturated carbocycles. The molecule has 0 atom stereocenters. The summed E-state index contributed by atoms with van der Waals surface area (Å²) in [6.45, 7) is 2.56. The molecule has 1 fully saturated rings. The minimum Gasteiger partial charge on any atom is -0.352 e. The van der Waals surface area contributed by atoms with Crippen LogP contribution in [0.25, 0.3) is 0 Å². The van der Waals surface area contributed by atoms with Gasteiger partial charge in [0.05, 0.1) is 5.56 Å². The summed E-state index contributed by atoms with van der Waals surface area (Å²) in [4.78, 5) is 11.8. The molecule has 0 bridgehead atoms. The molecule has 1 aliphatic heterocycles. The molecule has 5 heteroatoms. The van der Waals surface area contributed by atoms with Crippen molar-refractivity contribution in [1.29, 1.82) is 0 Å². The van der Waals surface area contributed by atoms with Gasteiger partial charge in [0.2, 0.25) is 0 Å². The van der Waals surface area contributed by atoms with Crippen LogP contribution in [0, 0.1) is 11.7 Å². The lowest BCUT2D eigenvalue weighted by Crippen LogP contribution is -2.36. The number of amides is 1. The zero-order chi connectivity index (χ0) is 13.0. The molecule has 98 valence electrons. The predicted octanol–water partition coefficient (Wildman–Crippen LogP) is 2.21. The van der Waals surface area contributed by atoms with Crippen LogP contribution >= 0.6 is 11.6 Å². The first-order valence-corrected chi connectivity index (χ1v) is 6.48. The number of piperidine rings is 1. The normalized spacial score (nSPS) is 16.6. The van der Waals surface area contributed by atoms with E-state index in [9.17, 15) is 9.18 Å². The molecular weight excluding hydrogens is 255 g/mol. The van der Waals surface area contributed by atoms with Crippen molar-refractivity contribution in [3.63, 3.8) is 0 Å². The summed E-state index contributed by atoms with van der Waals surface area (Å²) in [5.41, 5.74) is 0.0494. The van der Waals surface area contributed by atoms with Crippen molar-refractivity contribution in [3.05, 3.63) is 34.6 Å². The molecule has 0 spiro atoms. The molecule has 1 amide bonds. The summed E-state index contributed by atoms with van der Waals surface area (Å²) in [6.07, 6.45) is 2.09. The average molecular weight is 271 g/mol. The van der Waals surface area contributed by atoms with E-state index in [1.165, 1.54) is 12.1 Å². The Morgan fingerprint density at radius 3 is 2.83 bits per heavy atom. The van der Waals surface area contributed by atoms with Gasteiger partial charge in [-0.05, 0) is 50.0 Å². The molecule has 3 nitrogen and oxygen atoms in total. The smallest absolute Gasteiger partial charge is 0.254 e. The Balaban J connectivity index is 1.90. The van der Waals surface area contributed by atoms with E-state index in [2.05, 4.69) is 10.6 Å². The lowest BCUT2D eigenvalue weighted by molar-refractivity contribution is 0.0940. The Morgan fingerprint density at radius 1 is 1.44 bits per heavy atom. The molecule has 0 radical (unpaired) electrons. The van der Waals surface area contributed by atoms with Gasteiger partial charge in [0.1, 0.15) is 5.82 Å². The number of hydrogen-bond donors (Lipinski definition) is 2. The van der Waals surface area contributed by atoms with Crippen LogP contribution < -0.4 is 10.6 Å². The van der Waals surface area contributed by atoms with Gasteiger partial charge < -0.3 is 10.6 Å². The van der Waals surface area contributed by atoms with E-state index in [-0.39, 0.29) is 11.5 Å². The second-order valence-corrected chi connectivity index (χ2v) is 4.96. The van der Waals surface area contributed by atoms with E-state index in [0.717, 1.165) is 32.0 Å². The highest BCUT2D eigenvalue weighted by molar-refractivity contribution is 6.30. The minimum atomic E-state index is -0.578. The van der Waals surface area contributed by atoms with Crippen molar-refractivity contribution in [2.45, 2.75) is 12.8 Å². The van der Waals surface area contributed by atoms with Crippen LogP contribution in [-0.2, 0) is 0 Å². The average Bonchev–Trinajstić information content (AvgIpc) is 2.37. The van der Waals surface area contributed by atoms with Gasteiger partial charge in [-0.25, -0.2) is 4.39 Å². The second kappa shape index (κ2) is 6.16. The molecule has 18 heavy (non-hydrogen) atoms. The third-order valence-electron chi connectivity index (χ3n) is 3.19. The Hall–Kier alpha value is -1.13. The van der Waals surface area contributed by atoms with Crippen molar-refractivity contribution in [2.75, 3.05) is 19.6 Å². The molecule has 1 aromatic rings. The first kappa shape index (κ1) is 13.3. The van der Waals surface area contributed by atoms with Crippen LogP contribution in [0.5, 0.6) is 0 Å². The minimum absolute atomic E-state index is 0.0494. The van der Waals surface area contributed by atoms with Gasteiger partial charge in [0, 0.05) is 11.6 Å². The summed E-state index contributed by atoms with van der Waals surface area (Å²) >= 11 is 5.64. The molecular formula is C13H16ClFN2O. The van der Waals surface area contributed by atoms with E-state index in [1.807, 2.05) is 0 Å². The fraction of sp³-hybridized carbons (Fsp3) is 0.462. The highest BCUT2D eigenvalue weighted by Crippen LogP contribution is 2.15. The quantitative estimate of drug-likeness (QED) is 0.884. The van der Waals surface area contributed by atoms with Gasteiger partial charge in [-0.15, -0.1) is 0 Å². The number of halogens is 2. The molecule has 0 unspecified atom stereocenters. The predicted molar refractivity (Wildman–Crippen MR) is 69.3 cm³/mol. The SMILES string of the molecule is O=C(NCC1CCNCC1)c1ccc(Cl)cc1F. The van der Waals surface area contributed by atoms with Gasteiger partial charge in [-0.2, -0.15) is 0 Å². The third-order valence-corrected chi connectivity index (χ3v) is 3.42. The van der Waals surface area contributed by atoms with Crippen LogP contribution in [0.1, 0.15) is 23.2 Å². The fourth-order valence-corrected chi connectivity index (χ4v) is 2.25. The fourth-order valence-electron chi connectivity index (χ4n) is 2.09. The van der Waals surface area contributed by atoms with Crippen LogP contribution in [-0.4, -0.2) is 25.5 Å². The maximum Gasteiger partial charge on any atom is 0.254 e. The lowest BCUT2D eigenvalue weighted by atomic mass is 9.98. The van der Waals surface area contributed by atoms with E-state index in [0.29, 0.717) is 17.5 Å². The highest BCUT2D eigenvalue weighted by atomic mass is 35.5. The summed E-state index contributed by atoms with van der Waals surface area (Å²) in [6, 6.07) is 4.08. The molecule has 0 aromatic heterocycles. The van der Waals surface area contributed by atoms with Crippen LogP contribution in [0.15, 0.2) is 18.2 Å². The number of carbonyl (C=O) groups excluding carboxylic acids is 1. The Morgan fingerprint density at radius 2 is 2.17 bits per heavy atom. The molecule has 2 N–H and O–H groups in total. The van der Waals surface area contributed by atoms with Crippen LogP contribution in [0.3, 0.4) is 0 Å². The monoisotopic (exact) mass is 270 g/mol. The molecule has 2 rings (SSSR count). The van der Waals surface area contributed by atoms with E-state index in [1.54, 1.807) is 0 Å². The van der Waals surface area contributed by atoms with Crippen molar-refractivity contribution in [2.24, 2.45) is 5.92 Å². The van der Waals surface area contributed by atoms with Gasteiger partial charge in [-0.1, -0.05) is 11.6 Å². The molecule has 0 aliphatic carbocycles. The third kappa shape index (κ3) is 3.43. The molecule has 1 heterocycles. The first-order chi connectivity index (χ1) is 8.66. The number of hydrogen-bond acceptors (Lipinski definition) is 2. The Kier molecular flexibility index (Phi) is 4.55. The standard InChI is InChI=1S/C13H16ClFN2O/c14-10-1-2-11(12(15)7-10)13(18)17-8-9-3-5-16-6-4-9/h1-2,7,9,16H,3-6,8H2,(H,17,18). The summed E-state index contributed by atoms with van der Waals surface area (Å²) in [5.74, 6) is -0.474. The topological polar surface area (TPSA) is 41.1 Å². The van der Waals surface area contributed by atoms with E-state index < -0.39 is 5.82 Å². The lowest BCUT2D eigenvalue weighted by Gasteiger charge is -2.22. The number of carbonyl (C=O) groups is 1. The van der Waals surface area contributed by atoms with Gasteiger partial charge in [0.15, 0.2) is 0 Å². The molecule has 1 aromatic carbocycles. The summed E-state index contributed by atoms with van der Waals surface area (Å²) < 4.78 is 13.5. The molecule has 1 saturated heterocycles. The van der Waals surface area contributed by atoms with Crippen LogP contribution in [0.2, 0.25) is 5.02 Å². The maximum absolute atomic E-state index is 13.5. The summed E-state index contributed by atoms with van der Waals surface area (Å²) in [7, 11) is 0. The number of benzene rings is 1. The number of nitrogens with one attached hydrogen (secondary N) is 2. The van der Waals surface area contributed by atoms with Gasteiger partial charge in [0.25, 0.3) is 5.91 Å². The number of rotatable bonds is 3. The van der Waals surface area contributed by atoms with Crippen LogP contribution in [0.4, 0.5) is 4.39 Å². The van der Waals surface area contributed by atoms with E-state index >= 15 is 0 Å². The van der Waals surface area contributed by atoms with Gasteiger partial charge in [-0.3, -0.25) is 4.79 Å². The zero-order valence-electron chi connectivity index (χ0n) is 10.0. The first-order valence-electron chi connectivity index (χ1n) is 6.11. The largest absolute Gasteiger partial charge is 0.352 e. The van der Waals surface area contributed by atoms with Crippen molar-refractivity contribution in [3.8, 4) is 0 Å². The second-order valence-electron chi connectivity index (χ2n) is 4.53. The molecule has 1 aliphatic rings. The van der Waals surface area contributed by atoms with Crippen molar-refractivity contribution in [1.82, 2.24) is 10.6 Å². The van der Waals surface area contributed by atoms with Crippen molar-refractivity contribution >= 4 is 17.5 Å². The summed E-state index contributed by atoms with van der Waals surface area (Å²) in [5, 5.41) is 6.34. The highest BCUT2D eigenvalue weighted by Gasteiger charge is 2.16.